The van der Waals surface area contributed by atoms with Gasteiger partial charge in [0, 0.05) is 13.1 Å². The van der Waals surface area contributed by atoms with Crippen LogP contribution in [0.5, 0.6) is 23.0 Å². The lowest BCUT2D eigenvalue weighted by molar-refractivity contribution is -0.124. The maximum Gasteiger partial charge on any atom is 0.342 e. The van der Waals surface area contributed by atoms with Crippen LogP contribution in [0.2, 0.25) is 0 Å². The minimum Gasteiger partial charge on any atom is -0.504 e. The number of hydrogen-bond acceptors (Lipinski definition) is 9. The highest BCUT2D eigenvalue weighted by atomic mass is 16.5. The van der Waals surface area contributed by atoms with Crippen LogP contribution >= 0.6 is 0 Å². The molecule has 2 atom stereocenters. The van der Waals surface area contributed by atoms with Crippen LogP contribution in [-0.4, -0.2) is 63.4 Å². The van der Waals surface area contributed by atoms with Crippen LogP contribution in [0.15, 0.2) is 36.4 Å². The largest absolute Gasteiger partial charge is 0.504 e. The van der Waals surface area contributed by atoms with Crippen molar-refractivity contribution in [3.63, 3.8) is 0 Å². The smallest absolute Gasteiger partial charge is 0.342 e. The van der Waals surface area contributed by atoms with Gasteiger partial charge in [-0.15, -0.1) is 0 Å². The Labute approximate surface area is 189 Å². The van der Waals surface area contributed by atoms with E-state index >= 15 is 0 Å². The van der Waals surface area contributed by atoms with Gasteiger partial charge < -0.3 is 41.5 Å². The number of unbranched alkanes of at least 4 members (excludes halogenated alkanes) is 1. The van der Waals surface area contributed by atoms with Gasteiger partial charge in [0.1, 0.15) is 17.7 Å². The molecule has 178 valence electrons. The molecule has 11 heteroatoms. The molecular formula is C22H27N3O8. The molecule has 33 heavy (non-hydrogen) atoms. The standard InChI is InChI=1S/C22H27N3O8/c1-12(33-22(32)14-7-5-9-16(27)19(14)29)17(23)21(31)25-11-3-2-10-24-20(30)13-6-4-8-15(26)18(13)28/h4-9,12,17,26-29H,2-3,10-11,23H2,1H3,(H,24,30)(H,25,31). The van der Waals surface area contributed by atoms with Gasteiger partial charge in [0.15, 0.2) is 23.0 Å². The second-order valence-electron chi connectivity index (χ2n) is 7.24. The number of phenolic OH excluding ortho intramolecular Hbond substituents is 4. The Hall–Kier alpha value is -3.99. The topological polar surface area (TPSA) is 191 Å². The molecule has 0 bridgehead atoms. The Bertz CT molecular complexity index is 1010. The number of benzene rings is 2. The van der Waals surface area contributed by atoms with Crippen molar-refractivity contribution in [2.24, 2.45) is 5.73 Å². The first-order valence-electron chi connectivity index (χ1n) is 10.2. The molecule has 0 saturated carbocycles. The highest BCUT2D eigenvalue weighted by Crippen LogP contribution is 2.29. The van der Waals surface area contributed by atoms with E-state index in [9.17, 15) is 34.8 Å². The van der Waals surface area contributed by atoms with E-state index in [1.165, 1.54) is 43.3 Å². The minimum absolute atomic E-state index is 0.0446. The SMILES string of the molecule is CC(OC(=O)c1cccc(O)c1O)C(N)C(=O)NCCCCNC(=O)c1cccc(O)c1O. The monoisotopic (exact) mass is 461 g/mol. The number of nitrogens with one attached hydrogen (secondary N) is 2. The molecule has 2 rings (SSSR count). The Balaban J connectivity index is 1.70. The predicted octanol–water partition coefficient (Wildman–Crippen LogP) is 0.708. The number of aromatic hydroxyl groups is 4. The second kappa shape index (κ2) is 11.6. The molecule has 0 heterocycles. The number of carbonyl (C=O) groups is 3. The van der Waals surface area contributed by atoms with Gasteiger partial charge >= 0.3 is 5.97 Å². The lowest BCUT2D eigenvalue weighted by Crippen LogP contribution is -2.49. The molecule has 11 nitrogen and oxygen atoms in total. The predicted molar refractivity (Wildman–Crippen MR) is 117 cm³/mol. The van der Waals surface area contributed by atoms with Crippen molar-refractivity contribution >= 4 is 17.8 Å². The van der Waals surface area contributed by atoms with Crippen LogP contribution in [0.1, 0.15) is 40.5 Å². The number of ether oxygens (including phenoxy) is 1. The number of phenols is 4. The van der Waals surface area contributed by atoms with E-state index in [4.69, 9.17) is 10.5 Å². The van der Waals surface area contributed by atoms with E-state index in [0.717, 1.165) is 0 Å². The van der Waals surface area contributed by atoms with Crippen molar-refractivity contribution < 1.29 is 39.5 Å². The number of hydrogen-bond donors (Lipinski definition) is 7. The third-order valence-corrected chi connectivity index (χ3v) is 4.78. The van der Waals surface area contributed by atoms with Crippen LogP contribution in [0.3, 0.4) is 0 Å². The molecular weight excluding hydrogens is 434 g/mol. The van der Waals surface area contributed by atoms with Gasteiger partial charge in [0.2, 0.25) is 5.91 Å². The zero-order valence-electron chi connectivity index (χ0n) is 17.9. The van der Waals surface area contributed by atoms with Crippen molar-refractivity contribution in [3.05, 3.63) is 47.5 Å². The average molecular weight is 461 g/mol. The number of amides is 2. The Kier molecular flexibility index (Phi) is 8.87. The van der Waals surface area contributed by atoms with E-state index in [-0.39, 0.29) is 30.0 Å². The molecule has 0 saturated heterocycles. The van der Waals surface area contributed by atoms with Gasteiger partial charge in [-0.3, -0.25) is 9.59 Å². The number of para-hydroxylation sites is 2. The second-order valence-corrected chi connectivity index (χ2v) is 7.24. The molecule has 0 fully saturated rings. The summed E-state index contributed by atoms with van der Waals surface area (Å²) in [6.07, 6.45) is 0.0200. The summed E-state index contributed by atoms with van der Waals surface area (Å²) in [5.74, 6) is -4.02. The molecule has 0 aromatic heterocycles. The zero-order chi connectivity index (χ0) is 24.5. The highest BCUT2D eigenvalue weighted by Gasteiger charge is 2.26. The number of rotatable bonds is 10. The van der Waals surface area contributed by atoms with E-state index in [2.05, 4.69) is 10.6 Å². The number of esters is 1. The third-order valence-electron chi connectivity index (χ3n) is 4.78. The fourth-order valence-electron chi connectivity index (χ4n) is 2.81. The van der Waals surface area contributed by atoms with Gasteiger partial charge in [-0.25, -0.2) is 4.79 Å². The minimum atomic E-state index is -1.16. The average Bonchev–Trinajstić information content (AvgIpc) is 2.78. The van der Waals surface area contributed by atoms with Crippen LogP contribution in [-0.2, 0) is 9.53 Å². The lowest BCUT2D eigenvalue weighted by Gasteiger charge is -2.20. The maximum atomic E-state index is 12.2. The van der Waals surface area contributed by atoms with Gasteiger partial charge in [0.25, 0.3) is 5.91 Å². The molecule has 0 aliphatic rings. The summed E-state index contributed by atoms with van der Waals surface area (Å²) < 4.78 is 5.10. The summed E-state index contributed by atoms with van der Waals surface area (Å²) in [6.45, 7) is 1.96. The lowest BCUT2D eigenvalue weighted by atomic mass is 10.1. The zero-order valence-corrected chi connectivity index (χ0v) is 17.9. The van der Waals surface area contributed by atoms with Crippen molar-refractivity contribution in [2.45, 2.75) is 31.9 Å². The van der Waals surface area contributed by atoms with Gasteiger partial charge in [-0.05, 0) is 44.0 Å². The van der Waals surface area contributed by atoms with E-state index < -0.39 is 47.2 Å². The van der Waals surface area contributed by atoms with Crippen molar-refractivity contribution in [2.75, 3.05) is 13.1 Å². The molecule has 0 spiro atoms. The molecule has 8 N–H and O–H groups in total. The summed E-state index contributed by atoms with van der Waals surface area (Å²) in [6, 6.07) is 6.74. The summed E-state index contributed by atoms with van der Waals surface area (Å²) in [5, 5.41) is 43.5. The molecule has 2 aromatic carbocycles. The summed E-state index contributed by atoms with van der Waals surface area (Å²) >= 11 is 0. The van der Waals surface area contributed by atoms with Gasteiger partial charge in [0.05, 0.1) is 5.56 Å². The molecule has 2 unspecified atom stereocenters. The van der Waals surface area contributed by atoms with Crippen molar-refractivity contribution in [1.29, 1.82) is 0 Å². The van der Waals surface area contributed by atoms with Crippen molar-refractivity contribution in [3.8, 4) is 23.0 Å². The summed E-state index contributed by atoms with van der Waals surface area (Å²) in [4.78, 5) is 36.3. The highest BCUT2D eigenvalue weighted by molar-refractivity contribution is 5.97. The van der Waals surface area contributed by atoms with Crippen LogP contribution in [0, 0.1) is 0 Å². The summed E-state index contributed by atoms with van der Waals surface area (Å²) in [5.41, 5.74) is 5.53. The quantitative estimate of drug-likeness (QED) is 0.152. The molecule has 0 radical (unpaired) electrons. The molecule has 2 amide bonds. The van der Waals surface area contributed by atoms with Crippen LogP contribution < -0.4 is 16.4 Å². The normalized spacial score (nSPS) is 12.4. The first kappa shape index (κ1) is 25.3. The van der Waals surface area contributed by atoms with Gasteiger partial charge in [-0.1, -0.05) is 12.1 Å². The van der Waals surface area contributed by atoms with E-state index in [1.54, 1.807) is 0 Å². The number of nitrogens with two attached hydrogens (primary N) is 1. The maximum absolute atomic E-state index is 12.2. The first-order valence-corrected chi connectivity index (χ1v) is 10.2. The summed E-state index contributed by atoms with van der Waals surface area (Å²) in [7, 11) is 0. The van der Waals surface area contributed by atoms with E-state index in [1.807, 2.05) is 0 Å². The number of carbonyl (C=O) groups excluding carboxylic acids is 3. The fourth-order valence-corrected chi connectivity index (χ4v) is 2.81. The third kappa shape index (κ3) is 6.74. The van der Waals surface area contributed by atoms with Crippen molar-refractivity contribution in [1.82, 2.24) is 10.6 Å². The molecule has 2 aromatic rings. The first-order chi connectivity index (χ1) is 15.6. The fraction of sp³-hybridized carbons (Fsp3) is 0.318. The Morgan fingerprint density at radius 2 is 1.39 bits per heavy atom. The van der Waals surface area contributed by atoms with Crippen LogP contribution in [0.4, 0.5) is 0 Å². The molecule has 0 aliphatic heterocycles. The Morgan fingerprint density at radius 3 is 2.00 bits per heavy atom. The van der Waals surface area contributed by atoms with Crippen LogP contribution in [0.25, 0.3) is 0 Å². The van der Waals surface area contributed by atoms with Gasteiger partial charge in [-0.2, -0.15) is 0 Å². The van der Waals surface area contributed by atoms with E-state index in [0.29, 0.717) is 12.8 Å². The molecule has 0 aliphatic carbocycles. The Morgan fingerprint density at radius 1 is 0.879 bits per heavy atom.